The van der Waals surface area contributed by atoms with E-state index in [2.05, 4.69) is 31.3 Å². The van der Waals surface area contributed by atoms with Gasteiger partial charge in [-0.1, -0.05) is 19.8 Å². The zero-order chi connectivity index (χ0) is 9.11. The molecule has 0 amide bonds. The third-order valence-corrected chi connectivity index (χ3v) is 0.994. The summed E-state index contributed by atoms with van der Waals surface area (Å²) in [5.41, 5.74) is 0. The van der Waals surface area contributed by atoms with Crippen LogP contribution in [0.1, 0.15) is 39.5 Å². The van der Waals surface area contributed by atoms with Gasteiger partial charge in [0.05, 0.1) is 0 Å². The van der Waals surface area contributed by atoms with E-state index in [-0.39, 0.29) is 0 Å². The Bertz CT molecular complexity index is 84.2. The predicted molar refractivity (Wildman–Crippen MR) is 42.3 cm³/mol. The summed E-state index contributed by atoms with van der Waals surface area (Å²) in [6.45, 7) is 4.15. The van der Waals surface area contributed by atoms with Crippen LogP contribution in [-0.2, 0) is 22.2 Å². The fourth-order valence-electron chi connectivity index (χ4n) is 0.526. The topological polar surface area (TPSA) is 37.3 Å². The standard InChI is InChI=1S/C6H12O2.C2H5.V/c1-2-3-4-5-6(7)8;1-2;/h2-5H2,1H3,(H,7,8);1H2,2H3;. The second-order valence-corrected chi connectivity index (χ2v) is 3.15. The molecule has 0 fully saturated rings. The normalized spacial score (nSPS) is 8.18. The molecule has 0 aliphatic heterocycles. The van der Waals surface area contributed by atoms with Gasteiger partial charge in [0.1, 0.15) is 0 Å². The quantitative estimate of drug-likeness (QED) is 0.701. The van der Waals surface area contributed by atoms with Crippen molar-refractivity contribution in [3.05, 3.63) is 0 Å². The van der Waals surface area contributed by atoms with Crippen molar-refractivity contribution in [2.75, 3.05) is 0 Å². The van der Waals surface area contributed by atoms with Crippen LogP contribution in [-0.4, -0.2) is 11.1 Å². The second kappa shape index (κ2) is 12.7. The molecule has 1 N–H and O–H groups in total. The fourth-order valence-corrected chi connectivity index (χ4v) is 0.526. The second-order valence-electron chi connectivity index (χ2n) is 2.17. The van der Waals surface area contributed by atoms with Gasteiger partial charge in [-0.2, -0.15) is 0 Å². The van der Waals surface area contributed by atoms with Crippen LogP contribution in [0, 0.1) is 0 Å². The molecule has 0 unspecified atom stereocenters. The molecule has 0 saturated carbocycles. The summed E-state index contributed by atoms with van der Waals surface area (Å²) in [7, 11) is 0. The van der Waals surface area contributed by atoms with E-state index in [0.29, 0.717) is 6.42 Å². The van der Waals surface area contributed by atoms with Crippen LogP contribution < -0.4 is 0 Å². The summed E-state index contributed by atoms with van der Waals surface area (Å²) in [5, 5.41) is 9.33. The van der Waals surface area contributed by atoms with Gasteiger partial charge in [0.2, 0.25) is 0 Å². The molecule has 0 aromatic heterocycles. The first-order valence-electron chi connectivity index (χ1n) is 4.01. The van der Waals surface area contributed by atoms with Crippen molar-refractivity contribution >= 4 is 5.97 Å². The molecule has 0 heterocycles. The third kappa shape index (κ3) is 25.5. The molecule has 0 saturated heterocycles. The van der Waals surface area contributed by atoms with Crippen molar-refractivity contribution in [2.45, 2.75) is 44.7 Å². The van der Waals surface area contributed by atoms with Crippen LogP contribution in [0.4, 0.5) is 0 Å². The zero-order valence-corrected chi connectivity index (χ0v) is 8.73. The van der Waals surface area contributed by atoms with E-state index < -0.39 is 5.97 Å². The van der Waals surface area contributed by atoms with Crippen LogP contribution in [0.2, 0.25) is 5.13 Å². The summed E-state index contributed by atoms with van der Waals surface area (Å²) in [6.07, 6.45) is 3.28. The van der Waals surface area contributed by atoms with Gasteiger partial charge in [-0.05, 0) is 6.42 Å². The van der Waals surface area contributed by atoms with Gasteiger partial charge in [0.25, 0.3) is 0 Å². The Hall–Kier alpha value is 0.0544. The first kappa shape index (κ1) is 13.6. The molecule has 0 aromatic rings. The Morgan fingerprint density at radius 2 is 1.82 bits per heavy atom. The van der Waals surface area contributed by atoms with Crippen molar-refractivity contribution < 1.29 is 27.3 Å². The molecule has 11 heavy (non-hydrogen) atoms. The summed E-state index contributed by atoms with van der Waals surface area (Å²) < 4.78 is 0. The van der Waals surface area contributed by atoms with Crippen molar-refractivity contribution in [3.8, 4) is 0 Å². The Balaban J connectivity index is 0. The van der Waals surface area contributed by atoms with Crippen LogP contribution >= 0.6 is 0 Å². The summed E-state index contributed by atoms with van der Waals surface area (Å²) >= 11 is 2.47. The Kier molecular flexibility index (Phi) is 15.7. The molecule has 3 heteroatoms. The summed E-state index contributed by atoms with van der Waals surface area (Å²) in [6, 6.07) is 0. The molecule has 0 radical (unpaired) electrons. The molecular formula is C8H17O2V. The van der Waals surface area contributed by atoms with Crippen molar-refractivity contribution in [1.29, 1.82) is 0 Å². The number of hydrogen-bond donors (Lipinski definition) is 1. The van der Waals surface area contributed by atoms with Gasteiger partial charge in [-0.25, -0.2) is 0 Å². The van der Waals surface area contributed by atoms with Gasteiger partial charge in [-0.15, -0.1) is 0 Å². The maximum atomic E-state index is 9.87. The fraction of sp³-hybridized carbons (Fsp3) is 0.875. The van der Waals surface area contributed by atoms with Gasteiger partial charge < -0.3 is 5.11 Å². The summed E-state index contributed by atoms with van der Waals surface area (Å²) in [5.74, 6) is -0.682. The van der Waals surface area contributed by atoms with Crippen LogP contribution in [0.15, 0.2) is 0 Å². The molecule has 0 aliphatic rings. The third-order valence-electron chi connectivity index (χ3n) is 0.994. The molecule has 0 rings (SSSR count). The molecule has 0 bridgehead atoms. The van der Waals surface area contributed by atoms with E-state index in [4.69, 9.17) is 5.11 Å². The van der Waals surface area contributed by atoms with E-state index in [9.17, 15) is 4.79 Å². The minimum absolute atomic E-state index is 0.327. The monoisotopic (exact) mass is 196 g/mol. The number of carbonyl (C=O) groups is 1. The van der Waals surface area contributed by atoms with Gasteiger partial charge in [0, 0.05) is 6.42 Å². The Morgan fingerprint density at radius 1 is 1.36 bits per heavy atom. The van der Waals surface area contributed by atoms with Gasteiger partial charge >= 0.3 is 35.5 Å². The number of aliphatic carboxylic acids is 1. The van der Waals surface area contributed by atoms with E-state index in [1.165, 1.54) is 5.13 Å². The van der Waals surface area contributed by atoms with Crippen molar-refractivity contribution in [3.63, 3.8) is 0 Å². The number of rotatable bonds is 4. The number of carboxylic acid groups (broad SMARTS) is 1. The zero-order valence-electron chi connectivity index (χ0n) is 7.34. The first-order valence-corrected chi connectivity index (χ1v) is 5.00. The minimum atomic E-state index is -0.682. The van der Waals surface area contributed by atoms with E-state index >= 15 is 0 Å². The van der Waals surface area contributed by atoms with Crippen LogP contribution in [0.25, 0.3) is 0 Å². The average Bonchev–Trinajstić information content (AvgIpc) is 1.89. The number of carboxylic acids is 1. The van der Waals surface area contributed by atoms with Gasteiger partial charge in [0.15, 0.2) is 0 Å². The molecule has 0 atom stereocenters. The van der Waals surface area contributed by atoms with Gasteiger partial charge in [-0.3, -0.25) is 4.79 Å². The van der Waals surface area contributed by atoms with E-state index in [0.717, 1.165) is 19.3 Å². The average molecular weight is 196 g/mol. The van der Waals surface area contributed by atoms with E-state index in [1.807, 2.05) is 0 Å². The van der Waals surface area contributed by atoms with Crippen LogP contribution in [0.5, 0.6) is 0 Å². The molecule has 0 spiro atoms. The molecule has 0 aliphatic carbocycles. The molecular weight excluding hydrogens is 179 g/mol. The Labute approximate surface area is 78.3 Å². The Morgan fingerprint density at radius 3 is 2.09 bits per heavy atom. The molecule has 0 aromatic carbocycles. The molecule has 66 valence electrons. The van der Waals surface area contributed by atoms with Crippen molar-refractivity contribution in [1.82, 2.24) is 0 Å². The first-order chi connectivity index (χ1) is 5.18. The SMILES string of the molecule is CCCCCC(=O)O.C[CH2][V]. The maximum absolute atomic E-state index is 9.87. The van der Waals surface area contributed by atoms with E-state index in [1.54, 1.807) is 0 Å². The van der Waals surface area contributed by atoms with Crippen molar-refractivity contribution in [2.24, 2.45) is 0 Å². The van der Waals surface area contributed by atoms with Crippen LogP contribution in [0.3, 0.4) is 0 Å². The summed E-state index contributed by atoms with van der Waals surface area (Å²) in [4.78, 5) is 9.87. The number of unbranched alkanes of at least 4 members (excludes halogenated alkanes) is 2. The molecule has 2 nitrogen and oxygen atoms in total. The predicted octanol–water partition coefficient (Wildman–Crippen LogP) is 2.62. The number of hydrogen-bond acceptors (Lipinski definition) is 1.